The molecule has 0 bridgehead atoms. The number of aryl methyl sites for hydroxylation is 1. The highest BCUT2D eigenvalue weighted by Crippen LogP contribution is 2.39. The summed E-state index contributed by atoms with van der Waals surface area (Å²) in [4.78, 5) is 0.284. The molecular weight excluding hydrogens is 387 g/mol. The molecule has 106 valence electrons. The molecule has 0 aliphatic carbocycles. The van der Waals surface area contributed by atoms with Crippen LogP contribution in [0.15, 0.2) is 39.7 Å². The Hall–Kier alpha value is -0.590. The molecule has 0 fully saturated rings. The molecule has 0 spiro atoms. The summed E-state index contributed by atoms with van der Waals surface area (Å²) < 4.78 is 26.7. The standard InChI is InChI=1S/C13H9BrCl2O3S/c1-7-2-3-9(6-12(7)20(17)18)19-13-10(15)4-8(14)5-11(13)16/h2-6H,1H3,(H,17,18). The summed E-state index contributed by atoms with van der Waals surface area (Å²) in [6.45, 7) is 1.74. The van der Waals surface area contributed by atoms with Crippen molar-refractivity contribution in [1.82, 2.24) is 0 Å². The predicted molar refractivity (Wildman–Crippen MR) is 84.5 cm³/mol. The van der Waals surface area contributed by atoms with Crippen LogP contribution in [0.4, 0.5) is 0 Å². The van der Waals surface area contributed by atoms with Gasteiger partial charge in [0.2, 0.25) is 0 Å². The molecule has 0 aliphatic heterocycles. The zero-order valence-corrected chi connectivity index (χ0v) is 14.1. The molecule has 20 heavy (non-hydrogen) atoms. The minimum absolute atomic E-state index is 0.284. The van der Waals surface area contributed by atoms with Crippen molar-refractivity contribution in [3.8, 4) is 11.5 Å². The van der Waals surface area contributed by atoms with Gasteiger partial charge in [0, 0.05) is 4.47 Å². The maximum atomic E-state index is 11.2. The molecule has 1 unspecified atom stereocenters. The van der Waals surface area contributed by atoms with Gasteiger partial charge in [-0.15, -0.1) is 0 Å². The fraction of sp³-hybridized carbons (Fsp3) is 0.0769. The fourth-order valence-corrected chi connectivity index (χ4v) is 3.42. The summed E-state index contributed by atoms with van der Waals surface area (Å²) in [5, 5.41) is 0.688. The van der Waals surface area contributed by atoms with Gasteiger partial charge in [-0.05, 0) is 36.8 Å². The Bertz CT molecular complexity index is 668. The SMILES string of the molecule is Cc1ccc(Oc2c(Cl)cc(Br)cc2Cl)cc1S(=O)O. The first-order valence-corrected chi connectivity index (χ1v) is 8.08. The molecular formula is C13H9BrCl2O3S. The summed E-state index contributed by atoms with van der Waals surface area (Å²) in [6.07, 6.45) is 0. The second-order valence-corrected chi connectivity index (χ2v) is 6.65. The lowest BCUT2D eigenvalue weighted by Gasteiger charge is -2.11. The zero-order chi connectivity index (χ0) is 14.9. The van der Waals surface area contributed by atoms with Crippen LogP contribution in [-0.4, -0.2) is 8.76 Å². The van der Waals surface area contributed by atoms with Gasteiger partial charge in [0.15, 0.2) is 16.8 Å². The van der Waals surface area contributed by atoms with Crippen LogP contribution in [0.3, 0.4) is 0 Å². The van der Waals surface area contributed by atoms with E-state index in [4.69, 9.17) is 27.9 Å². The molecule has 1 N–H and O–H groups in total. The smallest absolute Gasteiger partial charge is 0.186 e. The maximum absolute atomic E-state index is 11.2. The first-order valence-electron chi connectivity index (χ1n) is 5.42. The second-order valence-electron chi connectivity index (χ2n) is 3.98. The number of hydrogen-bond donors (Lipinski definition) is 1. The van der Waals surface area contributed by atoms with Gasteiger partial charge in [0.1, 0.15) is 5.75 Å². The summed E-state index contributed by atoms with van der Waals surface area (Å²) in [5.41, 5.74) is 0.700. The molecule has 2 aromatic carbocycles. The van der Waals surface area contributed by atoms with E-state index < -0.39 is 11.1 Å². The van der Waals surface area contributed by atoms with Gasteiger partial charge < -0.3 is 9.29 Å². The molecule has 0 saturated carbocycles. The summed E-state index contributed by atoms with van der Waals surface area (Å²) in [5.74, 6) is 0.689. The Labute approximate surface area is 137 Å². The van der Waals surface area contributed by atoms with Crippen LogP contribution in [0, 0.1) is 6.92 Å². The first-order chi connectivity index (χ1) is 9.38. The van der Waals surface area contributed by atoms with Crippen LogP contribution >= 0.6 is 39.1 Å². The predicted octanol–water partition coefficient (Wildman–Crippen LogP) is 5.44. The lowest BCUT2D eigenvalue weighted by Crippen LogP contribution is -1.94. The Balaban J connectivity index is 2.41. The van der Waals surface area contributed by atoms with E-state index in [1.807, 2.05) is 0 Å². The van der Waals surface area contributed by atoms with E-state index in [1.165, 1.54) is 6.07 Å². The highest BCUT2D eigenvalue weighted by atomic mass is 79.9. The molecule has 7 heteroatoms. The average Bonchev–Trinajstić information content (AvgIpc) is 2.35. The van der Waals surface area contributed by atoms with Crippen molar-refractivity contribution in [2.24, 2.45) is 0 Å². The third-order valence-electron chi connectivity index (χ3n) is 2.53. The molecule has 2 aromatic rings. The van der Waals surface area contributed by atoms with Crippen molar-refractivity contribution in [3.05, 3.63) is 50.4 Å². The van der Waals surface area contributed by atoms with Crippen LogP contribution < -0.4 is 4.74 Å². The zero-order valence-electron chi connectivity index (χ0n) is 10.2. The quantitative estimate of drug-likeness (QED) is 0.704. The largest absolute Gasteiger partial charge is 0.454 e. The number of ether oxygens (including phenoxy) is 1. The summed E-state index contributed by atoms with van der Waals surface area (Å²) >= 11 is 13.3. The minimum Gasteiger partial charge on any atom is -0.454 e. The molecule has 0 saturated heterocycles. The van der Waals surface area contributed by atoms with Crippen molar-refractivity contribution in [2.45, 2.75) is 11.8 Å². The van der Waals surface area contributed by atoms with Crippen LogP contribution in [0.25, 0.3) is 0 Å². The molecule has 0 amide bonds. The van der Waals surface area contributed by atoms with E-state index in [1.54, 1.807) is 31.2 Å². The lowest BCUT2D eigenvalue weighted by molar-refractivity contribution is 0.480. The normalized spacial score (nSPS) is 12.2. The van der Waals surface area contributed by atoms with Crippen molar-refractivity contribution in [1.29, 1.82) is 0 Å². The molecule has 0 aliphatic rings. The third-order valence-corrected chi connectivity index (χ3v) is 4.37. The van der Waals surface area contributed by atoms with E-state index in [2.05, 4.69) is 15.9 Å². The van der Waals surface area contributed by atoms with Crippen molar-refractivity contribution in [3.63, 3.8) is 0 Å². The number of hydrogen-bond acceptors (Lipinski definition) is 2. The second kappa shape index (κ2) is 6.45. The van der Waals surface area contributed by atoms with E-state index >= 15 is 0 Å². The Morgan fingerprint density at radius 2 is 1.80 bits per heavy atom. The summed E-state index contributed by atoms with van der Waals surface area (Å²) in [7, 11) is 0. The van der Waals surface area contributed by atoms with Crippen LogP contribution in [0.1, 0.15) is 5.56 Å². The van der Waals surface area contributed by atoms with Gasteiger partial charge in [0.25, 0.3) is 0 Å². The van der Waals surface area contributed by atoms with Gasteiger partial charge in [-0.25, -0.2) is 4.21 Å². The number of rotatable bonds is 3. The van der Waals surface area contributed by atoms with Gasteiger partial charge in [-0.1, -0.05) is 45.2 Å². The monoisotopic (exact) mass is 394 g/mol. The van der Waals surface area contributed by atoms with Gasteiger partial charge >= 0.3 is 0 Å². The van der Waals surface area contributed by atoms with Crippen LogP contribution in [0.5, 0.6) is 11.5 Å². The summed E-state index contributed by atoms with van der Waals surface area (Å²) in [6, 6.07) is 8.17. The number of halogens is 3. The molecule has 1 atom stereocenters. The van der Waals surface area contributed by atoms with Gasteiger partial charge in [-0.3, -0.25) is 0 Å². The average molecular weight is 396 g/mol. The van der Waals surface area contributed by atoms with E-state index in [9.17, 15) is 8.76 Å². The van der Waals surface area contributed by atoms with Crippen molar-refractivity contribution in [2.75, 3.05) is 0 Å². The van der Waals surface area contributed by atoms with Gasteiger partial charge in [-0.2, -0.15) is 0 Å². The Morgan fingerprint density at radius 3 is 2.35 bits per heavy atom. The third kappa shape index (κ3) is 3.54. The highest BCUT2D eigenvalue weighted by molar-refractivity contribution is 9.10. The van der Waals surface area contributed by atoms with Crippen LogP contribution in [-0.2, 0) is 11.1 Å². The fourth-order valence-electron chi connectivity index (χ4n) is 1.58. The topological polar surface area (TPSA) is 46.5 Å². The van der Waals surface area contributed by atoms with E-state index in [-0.39, 0.29) is 4.90 Å². The lowest BCUT2D eigenvalue weighted by atomic mass is 10.2. The molecule has 0 heterocycles. The maximum Gasteiger partial charge on any atom is 0.186 e. The Kier molecular flexibility index (Phi) is 5.09. The molecule has 3 nitrogen and oxygen atoms in total. The molecule has 2 rings (SSSR count). The highest BCUT2D eigenvalue weighted by Gasteiger charge is 2.12. The first kappa shape index (κ1) is 15.8. The van der Waals surface area contributed by atoms with Crippen molar-refractivity contribution < 1.29 is 13.5 Å². The number of benzene rings is 2. The van der Waals surface area contributed by atoms with E-state index in [0.717, 1.165) is 4.47 Å². The minimum atomic E-state index is -2.08. The van der Waals surface area contributed by atoms with Gasteiger partial charge in [0.05, 0.1) is 14.9 Å². The molecule has 0 aromatic heterocycles. The van der Waals surface area contributed by atoms with E-state index in [0.29, 0.717) is 27.1 Å². The Morgan fingerprint density at radius 1 is 1.20 bits per heavy atom. The molecule has 0 radical (unpaired) electrons. The van der Waals surface area contributed by atoms with Crippen LogP contribution in [0.2, 0.25) is 10.0 Å². The van der Waals surface area contributed by atoms with Crippen molar-refractivity contribution >= 4 is 50.2 Å².